The minimum absolute atomic E-state index is 0.122. The van der Waals surface area contributed by atoms with Crippen LogP contribution >= 0.6 is 0 Å². The minimum atomic E-state index is -0.573. The molecule has 2 amide bonds. The van der Waals surface area contributed by atoms with Crippen molar-refractivity contribution >= 4 is 29.3 Å². The number of carbonyl (C=O) groups is 3. The van der Waals surface area contributed by atoms with E-state index in [1.807, 2.05) is 20.8 Å². The number of benzene rings is 1. The number of hydrogen-bond donors (Lipinski definition) is 1. The fourth-order valence-corrected chi connectivity index (χ4v) is 3.47. The van der Waals surface area contributed by atoms with E-state index in [4.69, 9.17) is 9.47 Å². The third-order valence-corrected chi connectivity index (χ3v) is 4.65. The molecule has 2 aliphatic rings. The predicted molar refractivity (Wildman–Crippen MR) is 105 cm³/mol. The molecule has 152 valence electrons. The molecule has 2 aliphatic heterocycles. The maximum Gasteiger partial charge on any atom is 0.410 e. The highest BCUT2D eigenvalue weighted by atomic mass is 16.6. The van der Waals surface area contributed by atoms with E-state index in [0.717, 1.165) is 5.69 Å². The van der Waals surface area contributed by atoms with Gasteiger partial charge in [-0.3, -0.25) is 4.79 Å². The molecule has 0 aliphatic carbocycles. The molecule has 1 aromatic carbocycles. The van der Waals surface area contributed by atoms with E-state index >= 15 is 0 Å². The second-order valence-electron chi connectivity index (χ2n) is 7.98. The van der Waals surface area contributed by atoms with E-state index in [0.29, 0.717) is 37.5 Å². The van der Waals surface area contributed by atoms with Crippen molar-refractivity contribution < 1.29 is 23.9 Å². The van der Waals surface area contributed by atoms with Crippen LogP contribution in [0.3, 0.4) is 0 Å². The van der Waals surface area contributed by atoms with Crippen molar-refractivity contribution in [2.24, 2.45) is 0 Å². The number of nitrogens with zero attached hydrogens (tertiary/aromatic N) is 2. The molecule has 1 atom stereocenters. The van der Waals surface area contributed by atoms with Crippen molar-refractivity contribution in [1.82, 2.24) is 4.90 Å². The Morgan fingerprint density at radius 2 is 2.00 bits per heavy atom. The summed E-state index contributed by atoms with van der Waals surface area (Å²) in [6.45, 7) is 8.93. The van der Waals surface area contributed by atoms with E-state index in [-0.39, 0.29) is 24.5 Å². The lowest BCUT2D eigenvalue weighted by Gasteiger charge is -2.42. The number of ether oxygens (including phenoxy) is 2. The first-order valence-electron chi connectivity index (χ1n) is 9.53. The van der Waals surface area contributed by atoms with Crippen molar-refractivity contribution in [3.63, 3.8) is 0 Å². The zero-order valence-corrected chi connectivity index (χ0v) is 16.8. The van der Waals surface area contributed by atoms with Crippen LogP contribution in [-0.4, -0.2) is 60.8 Å². The Bertz CT molecular complexity index is 787. The monoisotopic (exact) mass is 389 g/mol. The van der Waals surface area contributed by atoms with Gasteiger partial charge in [0.05, 0.1) is 29.6 Å². The Balaban J connectivity index is 1.85. The molecule has 8 heteroatoms. The van der Waals surface area contributed by atoms with Crippen LogP contribution in [0.4, 0.5) is 16.2 Å². The highest BCUT2D eigenvalue weighted by molar-refractivity contribution is 5.99. The van der Waals surface area contributed by atoms with Crippen LogP contribution in [0.25, 0.3) is 0 Å². The van der Waals surface area contributed by atoms with Gasteiger partial charge in [-0.1, -0.05) is 0 Å². The molecule has 0 spiro atoms. The third-order valence-electron chi connectivity index (χ3n) is 4.65. The van der Waals surface area contributed by atoms with Gasteiger partial charge in [0.2, 0.25) is 5.91 Å². The Morgan fingerprint density at radius 1 is 1.25 bits per heavy atom. The topological polar surface area (TPSA) is 88.2 Å². The summed E-state index contributed by atoms with van der Waals surface area (Å²) in [5.41, 5.74) is 1.29. The summed E-state index contributed by atoms with van der Waals surface area (Å²) in [7, 11) is 0. The van der Waals surface area contributed by atoms with Gasteiger partial charge in [0.15, 0.2) is 0 Å². The first-order chi connectivity index (χ1) is 13.2. The summed E-state index contributed by atoms with van der Waals surface area (Å²) in [5.74, 6) is -0.520. The molecular weight excluding hydrogens is 362 g/mol. The van der Waals surface area contributed by atoms with Crippen molar-refractivity contribution in [2.75, 3.05) is 36.5 Å². The van der Waals surface area contributed by atoms with Gasteiger partial charge >= 0.3 is 12.1 Å². The number of hydrogen-bond acceptors (Lipinski definition) is 6. The van der Waals surface area contributed by atoms with Crippen LogP contribution in [0.15, 0.2) is 18.2 Å². The number of rotatable bonds is 2. The molecule has 0 radical (unpaired) electrons. The Hall–Kier alpha value is -2.77. The zero-order chi connectivity index (χ0) is 20.5. The maximum absolute atomic E-state index is 12.4. The molecule has 1 unspecified atom stereocenters. The van der Waals surface area contributed by atoms with E-state index < -0.39 is 11.6 Å². The van der Waals surface area contributed by atoms with Gasteiger partial charge < -0.3 is 24.6 Å². The maximum atomic E-state index is 12.4. The van der Waals surface area contributed by atoms with Crippen LogP contribution < -0.4 is 10.2 Å². The summed E-state index contributed by atoms with van der Waals surface area (Å²) in [6.07, 6.45) is -0.125. The summed E-state index contributed by atoms with van der Waals surface area (Å²) in [6, 6.07) is 4.92. The summed E-state index contributed by atoms with van der Waals surface area (Å²) in [4.78, 5) is 40.6. The van der Waals surface area contributed by atoms with E-state index in [1.54, 1.807) is 30.0 Å². The molecule has 28 heavy (non-hydrogen) atoms. The van der Waals surface area contributed by atoms with Gasteiger partial charge in [0, 0.05) is 26.1 Å². The number of amides is 2. The van der Waals surface area contributed by atoms with Gasteiger partial charge in [0.25, 0.3) is 0 Å². The van der Waals surface area contributed by atoms with Crippen molar-refractivity contribution in [2.45, 2.75) is 45.8 Å². The Kier molecular flexibility index (Phi) is 5.49. The largest absolute Gasteiger partial charge is 0.462 e. The molecule has 2 heterocycles. The molecule has 8 nitrogen and oxygen atoms in total. The third kappa shape index (κ3) is 4.37. The number of nitrogens with one attached hydrogen (secondary N) is 1. The normalized spacial score (nSPS) is 19.1. The van der Waals surface area contributed by atoms with Crippen LogP contribution in [0, 0.1) is 0 Å². The Labute approximate surface area is 164 Å². The second-order valence-corrected chi connectivity index (χ2v) is 7.98. The molecule has 0 saturated carbocycles. The fraction of sp³-hybridized carbons (Fsp3) is 0.550. The van der Waals surface area contributed by atoms with Gasteiger partial charge in [-0.05, 0) is 45.9 Å². The number of carbonyl (C=O) groups excluding carboxylic acids is 3. The lowest BCUT2D eigenvalue weighted by molar-refractivity contribution is -0.116. The molecule has 1 saturated heterocycles. The smallest absolute Gasteiger partial charge is 0.410 e. The number of fused-ring (bicyclic) bond motifs is 3. The van der Waals surface area contributed by atoms with Gasteiger partial charge in [-0.25, -0.2) is 9.59 Å². The molecule has 0 bridgehead atoms. The first kappa shape index (κ1) is 20.0. The molecular formula is C20H27N3O5. The van der Waals surface area contributed by atoms with Crippen LogP contribution in [-0.2, 0) is 14.3 Å². The van der Waals surface area contributed by atoms with Crippen molar-refractivity contribution in [3.8, 4) is 0 Å². The fourth-order valence-electron chi connectivity index (χ4n) is 3.47. The quantitative estimate of drug-likeness (QED) is 0.783. The highest BCUT2D eigenvalue weighted by Crippen LogP contribution is 2.34. The lowest BCUT2D eigenvalue weighted by Crippen LogP contribution is -2.56. The molecule has 1 aromatic rings. The SMILES string of the molecule is CCOC(=O)c1ccc2c(c1)N1CCN(C(=O)OC(C)(C)C)CC1CC(=O)N2. The average molecular weight is 389 g/mol. The highest BCUT2D eigenvalue weighted by Gasteiger charge is 2.36. The summed E-state index contributed by atoms with van der Waals surface area (Å²) < 4.78 is 10.6. The number of piperazine rings is 1. The minimum Gasteiger partial charge on any atom is -0.462 e. The number of anilines is 2. The van der Waals surface area contributed by atoms with Gasteiger partial charge in [0.1, 0.15) is 5.60 Å². The van der Waals surface area contributed by atoms with Crippen molar-refractivity contribution in [1.29, 1.82) is 0 Å². The standard InChI is InChI=1S/C20H27N3O5/c1-5-27-18(25)13-6-7-15-16(10-13)23-9-8-22(19(26)28-20(2,3)4)12-14(23)11-17(24)21-15/h6-7,10,14H,5,8-9,11-12H2,1-4H3,(H,21,24). The van der Waals surface area contributed by atoms with E-state index in [9.17, 15) is 14.4 Å². The van der Waals surface area contributed by atoms with E-state index in [2.05, 4.69) is 10.2 Å². The van der Waals surface area contributed by atoms with Crippen molar-refractivity contribution in [3.05, 3.63) is 23.8 Å². The Morgan fingerprint density at radius 3 is 2.68 bits per heavy atom. The zero-order valence-electron chi connectivity index (χ0n) is 16.8. The van der Waals surface area contributed by atoms with Crippen LogP contribution in [0.1, 0.15) is 44.5 Å². The molecule has 1 fully saturated rings. The molecule has 1 N–H and O–H groups in total. The molecule has 3 rings (SSSR count). The van der Waals surface area contributed by atoms with Gasteiger partial charge in [-0.2, -0.15) is 0 Å². The predicted octanol–water partition coefficient (Wildman–Crippen LogP) is 2.63. The lowest BCUT2D eigenvalue weighted by atomic mass is 10.1. The molecule has 0 aromatic heterocycles. The van der Waals surface area contributed by atoms with Crippen LogP contribution in [0.2, 0.25) is 0 Å². The number of esters is 1. The summed E-state index contributed by atoms with van der Waals surface area (Å²) >= 11 is 0. The van der Waals surface area contributed by atoms with E-state index in [1.165, 1.54) is 0 Å². The second kappa shape index (κ2) is 7.69. The van der Waals surface area contributed by atoms with Crippen LogP contribution in [0.5, 0.6) is 0 Å². The first-order valence-corrected chi connectivity index (χ1v) is 9.53. The summed E-state index contributed by atoms with van der Waals surface area (Å²) in [5, 5.41) is 2.89. The van der Waals surface area contributed by atoms with Gasteiger partial charge in [-0.15, -0.1) is 0 Å². The average Bonchev–Trinajstić information content (AvgIpc) is 2.74.